The molecule has 2 unspecified atom stereocenters. The SMILES string of the molecule is CC(NCC1CCCCN1C(=O)OC(C)(C)C)c1cccs1. The van der Waals surface area contributed by atoms with Crippen molar-refractivity contribution in [1.82, 2.24) is 10.2 Å². The molecule has 22 heavy (non-hydrogen) atoms. The Hall–Kier alpha value is -1.07. The van der Waals surface area contributed by atoms with Gasteiger partial charge in [-0.15, -0.1) is 11.3 Å². The lowest BCUT2D eigenvalue weighted by molar-refractivity contribution is 0.00971. The molecule has 1 aliphatic rings. The molecule has 1 N–H and O–H groups in total. The lowest BCUT2D eigenvalue weighted by Crippen LogP contribution is -2.50. The van der Waals surface area contributed by atoms with Crippen LogP contribution in [0.25, 0.3) is 0 Å². The van der Waals surface area contributed by atoms with E-state index in [-0.39, 0.29) is 12.1 Å². The van der Waals surface area contributed by atoms with Gasteiger partial charge in [0.05, 0.1) is 0 Å². The average molecular weight is 324 g/mol. The van der Waals surface area contributed by atoms with Crippen LogP contribution in [0.1, 0.15) is 57.9 Å². The van der Waals surface area contributed by atoms with Crippen LogP contribution in [0.3, 0.4) is 0 Å². The summed E-state index contributed by atoms with van der Waals surface area (Å²) < 4.78 is 5.55. The maximum atomic E-state index is 12.4. The largest absolute Gasteiger partial charge is 0.444 e. The molecule has 2 heterocycles. The zero-order valence-corrected chi connectivity index (χ0v) is 14.9. The Bertz CT molecular complexity index is 468. The van der Waals surface area contributed by atoms with E-state index in [1.807, 2.05) is 25.7 Å². The number of rotatable bonds is 4. The van der Waals surface area contributed by atoms with Crippen molar-refractivity contribution >= 4 is 17.4 Å². The smallest absolute Gasteiger partial charge is 0.410 e. The van der Waals surface area contributed by atoms with E-state index in [1.165, 1.54) is 11.3 Å². The second-order valence-electron chi connectivity index (χ2n) is 6.97. The first-order valence-corrected chi connectivity index (χ1v) is 9.01. The molecular formula is C17H28N2O2S. The fraction of sp³-hybridized carbons (Fsp3) is 0.706. The Morgan fingerprint density at radius 2 is 2.27 bits per heavy atom. The van der Waals surface area contributed by atoms with Gasteiger partial charge in [-0.3, -0.25) is 0 Å². The van der Waals surface area contributed by atoms with Crippen molar-refractivity contribution in [2.45, 2.75) is 64.6 Å². The Balaban J connectivity index is 1.90. The molecule has 0 aromatic carbocycles. The maximum Gasteiger partial charge on any atom is 0.410 e. The Labute approximate surface area is 137 Å². The predicted molar refractivity (Wildman–Crippen MR) is 91.3 cm³/mol. The van der Waals surface area contributed by atoms with Crippen LogP contribution in [0, 0.1) is 0 Å². The number of ether oxygens (including phenoxy) is 1. The molecule has 124 valence electrons. The van der Waals surface area contributed by atoms with Crippen LogP contribution in [0.4, 0.5) is 4.79 Å². The van der Waals surface area contributed by atoms with Crippen molar-refractivity contribution in [2.24, 2.45) is 0 Å². The molecule has 0 radical (unpaired) electrons. The van der Waals surface area contributed by atoms with Gasteiger partial charge in [-0.05, 0) is 58.4 Å². The van der Waals surface area contributed by atoms with Crippen LogP contribution in [0.2, 0.25) is 0 Å². The maximum absolute atomic E-state index is 12.4. The summed E-state index contributed by atoms with van der Waals surface area (Å²) >= 11 is 1.76. The minimum Gasteiger partial charge on any atom is -0.444 e. The van der Waals surface area contributed by atoms with Crippen LogP contribution in [0.15, 0.2) is 17.5 Å². The van der Waals surface area contributed by atoms with E-state index >= 15 is 0 Å². The summed E-state index contributed by atoms with van der Waals surface area (Å²) in [5.41, 5.74) is -0.434. The standard InChI is InChI=1S/C17H28N2O2S/c1-13(15-9-7-11-22-15)18-12-14-8-5-6-10-19(14)16(20)21-17(2,3)4/h7,9,11,13-14,18H,5-6,8,10,12H2,1-4H3. The highest BCUT2D eigenvalue weighted by molar-refractivity contribution is 7.10. The van der Waals surface area contributed by atoms with Gasteiger partial charge in [-0.1, -0.05) is 6.07 Å². The van der Waals surface area contributed by atoms with Crippen molar-refractivity contribution < 1.29 is 9.53 Å². The molecule has 0 saturated carbocycles. The van der Waals surface area contributed by atoms with Crippen molar-refractivity contribution in [2.75, 3.05) is 13.1 Å². The second kappa shape index (κ2) is 7.47. The number of thiophene rings is 1. The molecule has 1 aromatic heterocycles. The average Bonchev–Trinajstić information content (AvgIpc) is 2.97. The topological polar surface area (TPSA) is 41.6 Å². The Kier molecular flexibility index (Phi) is 5.87. The highest BCUT2D eigenvalue weighted by Gasteiger charge is 2.30. The monoisotopic (exact) mass is 324 g/mol. The van der Waals surface area contributed by atoms with Gasteiger partial charge in [0.15, 0.2) is 0 Å². The molecule has 0 bridgehead atoms. The van der Waals surface area contributed by atoms with E-state index in [0.29, 0.717) is 6.04 Å². The number of piperidine rings is 1. The number of nitrogens with one attached hydrogen (secondary N) is 1. The molecule has 0 aliphatic carbocycles. The lowest BCUT2D eigenvalue weighted by Gasteiger charge is -2.37. The van der Waals surface area contributed by atoms with Crippen LogP contribution < -0.4 is 5.32 Å². The fourth-order valence-electron chi connectivity index (χ4n) is 2.72. The van der Waals surface area contributed by atoms with E-state index in [1.54, 1.807) is 11.3 Å². The van der Waals surface area contributed by atoms with Crippen LogP contribution in [0.5, 0.6) is 0 Å². The molecule has 1 fully saturated rings. The molecule has 1 aromatic rings. The molecule has 0 spiro atoms. The number of hydrogen-bond donors (Lipinski definition) is 1. The highest BCUT2D eigenvalue weighted by atomic mass is 32.1. The van der Waals surface area contributed by atoms with Crippen molar-refractivity contribution in [3.63, 3.8) is 0 Å². The van der Waals surface area contributed by atoms with Crippen molar-refractivity contribution in [3.05, 3.63) is 22.4 Å². The number of carbonyl (C=O) groups is 1. The zero-order chi connectivity index (χ0) is 16.2. The van der Waals surface area contributed by atoms with E-state index in [0.717, 1.165) is 25.9 Å². The summed E-state index contributed by atoms with van der Waals surface area (Å²) in [6, 6.07) is 4.77. The van der Waals surface area contributed by atoms with E-state index in [4.69, 9.17) is 4.74 Å². The Morgan fingerprint density at radius 3 is 2.91 bits per heavy atom. The summed E-state index contributed by atoms with van der Waals surface area (Å²) in [6.45, 7) is 9.54. The number of amides is 1. The lowest BCUT2D eigenvalue weighted by atomic mass is 10.0. The predicted octanol–water partition coefficient (Wildman–Crippen LogP) is 4.19. The first kappa shape index (κ1) is 17.3. The summed E-state index contributed by atoms with van der Waals surface area (Å²) in [5.74, 6) is 0. The third-order valence-corrected chi connectivity index (χ3v) is 4.94. The molecule has 1 saturated heterocycles. The van der Waals surface area contributed by atoms with Gasteiger partial charge in [0.25, 0.3) is 0 Å². The van der Waals surface area contributed by atoms with Crippen LogP contribution >= 0.6 is 11.3 Å². The number of hydrogen-bond acceptors (Lipinski definition) is 4. The minimum absolute atomic E-state index is 0.178. The molecule has 4 nitrogen and oxygen atoms in total. The van der Waals surface area contributed by atoms with E-state index < -0.39 is 5.60 Å². The van der Waals surface area contributed by atoms with Gasteiger partial charge in [0.2, 0.25) is 0 Å². The van der Waals surface area contributed by atoms with Gasteiger partial charge < -0.3 is 15.0 Å². The number of carbonyl (C=O) groups excluding carboxylic acids is 1. The van der Waals surface area contributed by atoms with Gasteiger partial charge in [-0.25, -0.2) is 4.79 Å². The van der Waals surface area contributed by atoms with Gasteiger partial charge in [0.1, 0.15) is 5.60 Å². The third kappa shape index (κ3) is 4.99. The molecule has 1 amide bonds. The number of likely N-dealkylation sites (tertiary alicyclic amines) is 1. The summed E-state index contributed by atoms with van der Waals surface area (Å²) in [6.07, 6.45) is 3.11. The molecule has 1 aliphatic heterocycles. The van der Waals surface area contributed by atoms with Crippen molar-refractivity contribution in [1.29, 1.82) is 0 Å². The van der Waals surface area contributed by atoms with Gasteiger partial charge in [-0.2, -0.15) is 0 Å². The zero-order valence-electron chi connectivity index (χ0n) is 14.1. The van der Waals surface area contributed by atoms with E-state index in [2.05, 4.69) is 29.8 Å². The normalized spacial score (nSPS) is 20.7. The number of nitrogens with zero attached hydrogens (tertiary/aromatic N) is 1. The fourth-order valence-corrected chi connectivity index (χ4v) is 3.48. The first-order chi connectivity index (χ1) is 10.4. The minimum atomic E-state index is -0.434. The molecular weight excluding hydrogens is 296 g/mol. The molecule has 2 atom stereocenters. The highest BCUT2D eigenvalue weighted by Crippen LogP contribution is 2.22. The molecule has 2 rings (SSSR count). The summed E-state index contributed by atoms with van der Waals surface area (Å²) in [5, 5.41) is 5.66. The quantitative estimate of drug-likeness (QED) is 0.903. The van der Waals surface area contributed by atoms with Gasteiger partial charge in [0, 0.05) is 30.1 Å². The van der Waals surface area contributed by atoms with Crippen LogP contribution in [-0.2, 0) is 4.74 Å². The van der Waals surface area contributed by atoms with Gasteiger partial charge >= 0.3 is 6.09 Å². The Morgan fingerprint density at radius 1 is 1.50 bits per heavy atom. The van der Waals surface area contributed by atoms with Crippen LogP contribution in [-0.4, -0.2) is 35.7 Å². The summed E-state index contributed by atoms with van der Waals surface area (Å²) in [4.78, 5) is 15.6. The molecule has 5 heteroatoms. The van der Waals surface area contributed by atoms with E-state index in [9.17, 15) is 4.79 Å². The first-order valence-electron chi connectivity index (χ1n) is 8.13. The second-order valence-corrected chi connectivity index (χ2v) is 7.95. The summed E-state index contributed by atoms with van der Waals surface area (Å²) in [7, 11) is 0. The third-order valence-electron chi connectivity index (χ3n) is 3.88. The van der Waals surface area contributed by atoms with Crippen molar-refractivity contribution in [3.8, 4) is 0 Å².